The predicted molar refractivity (Wildman–Crippen MR) is 117 cm³/mol. The van der Waals surface area contributed by atoms with Crippen LogP contribution in [0.15, 0.2) is 72.8 Å². The highest BCUT2D eigenvalue weighted by Crippen LogP contribution is 2.49. The first-order chi connectivity index (χ1) is 15.0. The minimum absolute atomic E-state index is 0.0373. The molecule has 3 aromatic carbocycles. The first-order valence-electron chi connectivity index (χ1n) is 9.91. The van der Waals surface area contributed by atoms with Crippen molar-refractivity contribution in [2.75, 3.05) is 9.96 Å². The first-order valence-corrected chi connectivity index (χ1v) is 10.3. The minimum atomic E-state index is -1.00. The van der Waals surface area contributed by atoms with Crippen LogP contribution in [-0.4, -0.2) is 23.0 Å². The molecule has 2 aliphatic heterocycles. The summed E-state index contributed by atoms with van der Waals surface area (Å²) in [7, 11) is 0. The van der Waals surface area contributed by atoms with Crippen molar-refractivity contribution >= 4 is 34.8 Å². The second-order valence-electron chi connectivity index (χ2n) is 7.61. The zero-order chi connectivity index (χ0) is 21.7. The van der Waals surface area contributed by atoms with E-state index in [1.807, 2.05) is 30.3 Å². The number of benzene rings is 3. The monoisotopic (exact) mass is 434 g/mol. The van der Waals surface area contributed by atoms with Crippen molar-refractivity contribution < 1.29 is 19.5 Å². The van der Waals surface area contributed by atoms with E-state index in [9.17, 15) is 14.7 Å². The topological polar surface area (TPSA) is 70.1 Å². The van der Waals surface area contributed by atoms with Gasteiger partial charge in [0.25, 0.3) is 5.91 Å². The van der Waals surface area contributed by atoms with E-state index in [0.717, 1.165) is 4.90 Å². The molecule has 3 atom stereocenters. The standard InChI is InChI=1S/C24H19ClN2O4/c1-14-17(25)11-7-12-18(14)26-23(29)20-21(16-10-5-6-13-19(16)28)27(31-22(20)24(26)30)15-8-3-2-4-9-15/h2-13,20-22,28H,1H3/t20-,21+,22-/m1/s1. The molecule has 6 nitrogen and oxygen atoms in total. The first kappa shape index (κ1) is 19.6. The predicted octanol–water partition coefficient (Wildman–Crippen LogP) is 4.41. The third-order valence-electron chi connectivity index (χ3n) is 5.86. The highest BCUT2D eigenvalue weighted by Gasteiger charge is 2.60. The van der Waals surface area contributed by atoms with Crippen LogP contribution < -0.4 is 9.96 Å². The summed E-state index contributed by atoms with van der Waals surface area (Å²) in [6, 6.07) is 20.5. The van der Waals surface area contributed by atoms with Crippen molar-refractivity contribution in [3.8, 4) is 5.75 Å². The second kappa shape index (κ2) is 7.41. The number of hydroxylamine groups is 1. The van der Waals surface area contributed by atoms with Crippen LogP contribution >= 0.6 is 11.6 Å². The van der Waals surface area contributed by atoms with Crippen LogP contribution in [0.1, 0.15) is 17.2 Å². The van der Waals surface area contributed by atoms with E-state index in [4.69, 9.17) is 16.4 Å². The number of carbonyl (C=O) groups excluding carboxylic acids is 2. The van der Waals surface area contributed by atoms with Gasteiger partial charge >= 0.3 is 0 Å². The van der Waals surface area contributed by atoms with Crippen molar-refractivity contribution in [3.05, 3.63) is 88.9 Å². The average Bonchev–Trinajstić information content (AvgIpc) is 3.28. The van der Waals surface area contributed by atoms with Gasteiger partial charge in [-0.25, -0.2) is 9.96 Å². The molecule has 31 heavy (non-hydrogen) atoms. The van der Waals surface area contributed by atoms with Gasteiger partial charge in [-0.05, 0) is 42.8 Å². The Morgan fingerprint density at radius 1 is 0.903 bits per heavy atom. The minimum Gasteiger partial charge on any atom is -0.508 e. The molecule has 0 bridgehead atoms. The fraction of sp³-hybridized carbons (Fsp3) is 0.167. The number of hydrogen-bond donors (Lipinski definition) is 1. The van der Waals surface area contributed by atoms with Gasteiger partial charge in [0.1, 0.15) is 11.7 Å². The SMILES string of the molecule is Cc1c(Cl)cccc1N1C(=O)[C@H]2[C@@H](ON(c3ccccc3)[C@H]2c2ccccc2O)C1=O. The van der Waals surface area contributed by atoms with Crippen LogP contribution in [0.25, 0.3) is 0 Å². The molecule has 0 aliphatic carbocycles. The number of amides is 2. The molecule has 2 amide bonds. The Morgan fingerprint density at radius 2 is 1.61 bits per heavy atom. The largest absolute Gasteiger partial charge is 0.508 e. The molecular weight excluding hydrogens is 416 g/mol. The summed E-state index contributed by atoms with van der Waals surface area (Å²) >= 11 is 6.24. The van der Waals surface area contributed by atoms with E-state index in [1.165, 1.54) is 0 Å². The molecule has 2 fully saturated rings. The van der Waals surface area contributed by atoms with Crippen LogP contribution in [-0.2, 0) is 14.4 Å². The molecule has 0 spiro atoms. The number of carbonyl (C=O) groups is 2. The highest BCUT2D eigenvalue weighted by atomic mass is 35.5. The lowest BCUT2D eigenvalue weighted by Gasteiger charge is -2.29. The fourth-order valence-corrected chi connectivity index (χ4v) is 4.51. The lowest BCUT2D eigenvalue weighted by Crippen LogP contribution is -2.37. The lowest BCUT2D eigenvalue weighted by atomic mass is 9.90. The molecule has 156 valence electrons. The van der Waals surface area contributed by atoms with E-state index < -0.39 is 24.0 Å². The summed E-state index contributed by atoms with van der Waals surface area (Å²) < 4.78 is 0. The van der Waals surface area contributed by atoms with E-state index in [-0.39, 0.29) is 11.7 Å². The Bertz CT molecular complexity index is 1180. The third-order valence-corrected chi connectivity index (χ3v) is 6.27. The Balaban J connectivity index is 1.63. The molecule has 7 heteroatoms. The molecule has 2 aliphatic rings. The molecule has 3 aromatic rings. The molecule has 1 N–H and O–H groups in total. The van der Waals surface area contributed by atoms with Crippen LogP contribution in [0, 0.1) is 12.8 Å². The molecule has 0 unspecified atom stereocenters. The van der Waals surface area contributed by atoms with Gasteiger partial charge in [0.15, 0.2) is 6.10 Å². The smallest absolute Gasteiger partial charge is 0.266 e. The number of halogens is 1. The van der Waals surface area contributed by atoms with Gasteiger partial charge < -0.3 is 5.11 Å². The Hall–Kier alpha value is -3.35. The van der Waals surface area contributed by atoms with Gasteiger partial charge in [0.2, 0.25) is 5.91 Å². The number of aromatic hydroxyl groups is 1. The van der Waals surface area contributed by atoms with Crippen LogP contribution in [0.5, 0.6) is 5.75 Å². The molecule has 0 aromatic heterocycles. The summed E-state index contributed by atoms with van der Waals surface area (Å²) in [4.78, 5) is 34.2. The van der Waals surface area contributed by atoms with Crippen molar-refractivity contribution in [2.45, 2.75) is 19.1 Å². The number of fused-ring (bicyclic) bond motifs is 1. The molecule has 0 radical (unpaired) electrons. The van der Waals surface area contributed by atoms with Crippen LogP contribution in [0.4, 0.5) is 11.4 Å². The maximum absolute atomic E-state index is 13.6. The van der Waals surface area contributed by atoms with Gasteiger partial charge in [-0.2, -0.15) is 0 Å². The van der Waals surface area contributed by atoms with E-state index in [1.54, 1.807) is 54.5 Å². The van der Waals surface area contributed by atoms with Gasteiger partial charge in [-0.1, -0.05) is 54.1 Å². The van der Waals surface area contributed by atoms with Gasteiger partial charge in [0.05, 0.1) is 17.4 Å². The number of phenolic OH excluding ortho intramolecular Hbond substituents is 1. The Labute approximate surface area is 184 Å². The number of rotatable bonds is 3. The van der Waals surface area contributed by atoms with Gasteiger partial charge in [-0.15, -0.1) is 0 Å². The lowest BCUT2D eigenvalue weighted by molar-refractivity contribution is -0.126. The zero-order valence-corrected chi connectivity index (χ0v) is 17.4. The van der Waals surface area contributed by atoms with E-state index in [0.29, 0.717) is 27.5 Å². The summed E-state index contributed by atoms with van der Waals surface area (Å²) in [5.41, 5.74) is 2.30. The zero-order valence-electron chi connectivity index (χ0n) is 16.6. The Morgan fingerprint density at radius 3 is 2.35 bits per heavy atom. The van der Waals surface area contributed by atoms with Gasteiger partial charge in [-0.3, -0.25) is 14.4 Å². The molecule has 0 saturated carbocycles. The van der Waals surface area contributed by atoms with Crippen molar-refractivity contribution in [2.24, 2.45) is 5.92 Å². The van der Waals surface area contributed by atoms with Crippen molar-refractivity contribution in [1.82, 2.24) is 0 Å². The Kier molecular flexibility index (Phi) is 4.68. The highest BCUT2D eigenvalue weighted by molar-refractivity contribution is 6.32. The van der Waals surface area contributed by atoms with E-state index >= 15 is 0 Å². The van der Waals surface area contributed by atoms with Crippen molar-refractivity contribution in [1.29, 1.82) is 0 Å². The third kappa shape index (κ3) is 2.99. The average molecular weight is 435 g/mol. The number of nitrogens with zero attached hydrogens (tertiary/aromatic N) is 2. The quantitative estimate of drug-likeness (QED) is 0.618. The summed E-state index contributed by atoms with van der Waals surface area (Å²) in [5.74, 6) is -1.61. The summed E-state index contributed by atoms with van der Waals surface area (Å²) in [6.45, 7) is 1.77. The van der Waals surface area contributed by atoms with Crippen LogP contribution in [0.2, 0.25) is 5.02 Å². The van der Waals surface area contributed by atoms with Crippen LogP contribution in [0.3, 0.4) is 0 Å². The maximum Gasteiger partial charge on any atom is 0.266 e. The number of imide groups is 1. The van der Waals surface area contributed by atoms with Crippen molar-refractivity contribution in [3.63, 3.8) is 0 Å². The number of anilines is 2. The normalized spacial score (nSPS) is 22.8. The molecule has 2 saturated heterocycles. The summed E-state index contributed by atoms with van der Waals surface area (Å²) in [6.07, 6.45) is -1.00. The number of phenols is 1. The summed E-state index contributed by atoms with van der Waals surface area (Å²) in [5, 5.41) is 12.6. The van der Waals surface area contributed by atoms with E-state index in [2.05, 4.69) is 0 Å². The number of para-hydroxylation sites is 2. The maximum atomic E-state index is 13.6. The van der Waals surface area contributed by atoms with Gasteiger partial charge in [0, 0.05) is 10.6 Å². The second-order valence-corrected chi connectivity index (χ2v) is 8.02. The molecule has 5 rings (SSSR count). The fourth-order valence-electron chi connectivity index (χ4n) is 4.34. The molecule has 2 heterocycles. The molecular formula is C24H19ClN2O4. The number of hydrogen-bond acceptors (Lipinski definition) is 5.